The van der Waals surface area contributed by atoms with Crippen molar-refractivity contribution in [2.24, 2.45) is 0 Å². The number of ether oxygens (including phenoxy) is 2. The van der Waals surface area contributed by atoms with Crippen LogP contribution in [-0.4, -0.2) is 16.6 Å². The van der Waals surface area contributed by atoms with E-state index in [0.29, 0.717) is 11.8 Å². The minimum atomic E-state index is 0.345. The Balaban J connectivity index is 1.99. The molecule has 1 heterocycles. The molecule has 1 aromatic heterocycles. The van der Waals surface area contributed by atoms with E-state index in [1.165, 1.54) is 0 Å². The van der Waals surface area contributed by atoms with E-state index in [4.69, 9.17) is 9.47 Å². The Hall–Kier alpha value is -1.37. The first kappa shape index (κ1) is 13.1. The Morgan fingerprint density at radius 2 is 1.67 bits per heavy atom. The molecule has 2 rings (SSSR count). The quantitative estimate of drug-likeness (QED) is 0.767. The van der Waals surface area contributed by atoms with Crippen molar-refractivity contribution in [3.63, 3.8) is 0 Å². The van der Waals surface area contributed by atoms with Crippen molar-refractivity contribution in [3.8, 4) is 17.5 Å². The summed E-state index contributed by atoms with van der Waals surface area (Å²) in [4.78, 5) is 8.15. The van der Waals surface area contributed by atoms with Crippen molar-refractivity contribution < 1.29 is 9.47 Å². The van der Waals surface area contributed by atoms with Gasteiger partial charge in [0.1, 0.15) is 11.5 Å². The van der Waals surface area contributed by atoms with Crippen molar-refractivity contribution in [2.75, 3.05) is 6.61 Å². The third-order valence-corrected chi connectivity index (χ3v) is 2.66. The monoisotopic (exact) mass is 356 g/mol. The second-order valence-electron chi connectivity index (χ2n) is 3.61. The Kier molecular flexibility index (Phi) is 4.74. The van der Waals surface area contributed by atoms with Crippen LogP contribution in [0.5, 0.6) is 17.5 Å². The van der Waals surface area contributed by atoms with E-state index in [1.54, 1.807) is 12.4 Å². The van der Waals surface area contributed by atoms with Crippen LogP contribution in [0, 0.1) is 3.57 Å². The van der Waals surface area contributed by atoms with Crippen molar-refractivity contribution in [1.82, 2.24) is 9.97 Å². The fraction of sp³-hybridized carbons (Fsp3) is 0.231. The molecule has 94 valence electrons. The highest BCUT2D eigenvalue weighted by Gasteiger charge is 2.00. The van der Waals surface area contributed by atoms with Crippen LogP contribution in [0.1, 0.15) is 13.3 Å². The summed E-state index contributed by atoms with van der Waals surface area (Å²) >= 11 is 2.15. The normalized spacial score (nSPS) is 10.1. The van der Waals surface area contributed by atoms with Crippen LogP contribution in [-0.2, 0) is 0 Å². The third-order valence-electron chi connectivity index (χ3n) is 2.10. The van der Waals surface area contributed by atoms with Gasteiger partial charge in [0.05, 0.1) is 6.61 Å². The summed E-state index contributed by atoms with van der Waals surface area (Å²) < 4.78 is 12.0. The fourth-order valence-corrected chi connectivity index (χ4v) is 1.56. The minimum absolute atomic E-state index is 0.345. The lowest BCUT2D eigenvalue weighted by atomic mass is 10.3. The molecular formula is C13H13IN2O2. The molecule has 0 radical (unpaired) electrons. The molecule has 0 saturated carbocycles. The zero-order valence-corrected chi connectivity index (χ0v) is 12.1. The van der Waals surface area contributed by atoms with E-state index >= 15 is 0 Å². The van der Waals surface area contributed by atoms with Gasteiger partial charge in [0, 0.05) is 16.0 Å². The molecule has 0 N–H and O–H groups in total. The zero-order valence-electron chi connectivity index (χ0n) is 9.97. The SMILES string of the molecule is CCCOc1ccc(Oc2ncc(I)cn2)cc1. The topological polar surface area (TPSA) is 44.2 Å². The molecule has 18 heavy (non-hydrogen) atoms. The van der Waals surface area contributed by atoms with E-state index in [9.17, 15) is 0 Å². The lowest BCUT2D eigenvalue weighted by molar-refractivity contribution is 0.317. The van der Waals surface area contributed by atoms with Crippen LogP contribution in [0.4, 0.5) is 0 Å². The van der Waals surface area contributed by atoms with Crippen molar-refractivity contribution in [3.05, 3.63) is 40.2 Å². The van der Waals surface area contributed by atoms with E-state index < -0.39 is 0 Å². The Bertz CT molecular complexity index is 485. The van der Waals surface area contributed by atoms with Gasteiger partial charge in [-0.15, -0.1) is 0 Å². The molecule has 0 fully saturated rings. The Morgan fingerprint density at radius 1 is 1.06 bits per heavy atom. The standard InChI is InChI=1S/C13H13IN2O2/c1-2-7-17-11-3-5-12(6-4-11)18-13-15-8-10(14)9-16-13/h3-6,8-9H,2,7H2,1H3. The van der Waals surface area contributed by atoms with Gasteiger partial charge in [-0.3, -0.25) is 0 Å². The average molecular weight is 356 g/mol. The molecule has 0 bridgehead atoms. The lowest BCUT2D eigenvalue weighted by Crippen LogP contribution is -1.95. The maximum Gasteiger partial charge on any atom is 0.321 e. The molecule has 0 unspecified atom stereocenters. The van der Waals surface area contributed by atoms with Crippen molar-refractivity contribution in [1.29, 1.82) is 0 Å². The molecule has 4 nitrogen and oxygen atoms in total. The molecule has 0 atom stereocenters. The van der Waals surface area contributed by atoms with Gasteiger partial charge >= 0.3 is 6.01 Å². The van der Waals surface area contributed by atoms with E-state index in [1.807, 2.05) is 24.3 Å². The Labute approximate surface area is 120 Å². The van der Waals surface area contributed by atoms with Crippen LogP contribution in [0.15, 0.2) is 36.7 Å². The highest BCUT2D eigenvalue weighted by Crippen LogP contribution is 2.21. The van der Waals surface area contributed by atoms with Gasteiger partial charge < -0.3 is 9.47 Å². The number of rotatable bonds is 5. The second kappa shape index (κ2) is 6.53. The molecule has 2 aromatic rings. The van der Waals surface area contributed by atoms with Crippen LogP contribution in [0.2, 0.25) is 0 Å². The fourth-order valence-electron chi connectivity index (χ4n) is 1.28. The third kappa shape index (κ3) is 3.83. The van der Waals surface area contributed by atoms with Crippen LogP contribution < -0.4 is 9.47 Å². The van der Waals surface area contributed by atoms with Gasteiger partial charge in [0.25, 0.3) is 0 Å². The van der Waals surface area contributed by atoms with Gasteiger partial charge in [-0.05, 0) is 53.3 Å². The number of halogens is 1. The summed E-state index contributed by atoms with van der Waals surface area (Å²) in [6.45, 7) is 2.80. The van der Waals surface area contributed by atoms with Gasteiger partial charge in [0.2, 0.25) is 0 Å². The Morgan fingerprint density at radius 3 is 2.28 bits per heavy atom. The number of aromatic nitrogens is 2. The van der Waals surface area contributed by atoms with Gasteiger partial charge in [-0.1, -0.05) is 6.92 Å². The number of nitrogens with zero attached hydrogens (tertiary/aromatic N) is 2. The number of hydrogen-bond donors (Lipinski definition) is 0. The summed E-state index contributed by atoms with van der Waals surface area (Å²) in [5, 5.41) is 0. The first-order valence-corrected chi connectivity index (χ1v) is 6.74. The summed E-state index contributed by atoms with van der Waals surface area (Å²) in [5.74, 6) is 1.53. The molecular weight excluding hydrogens is 343 g/mol. The molecule has 0 spiro atoms. The van der Waals surface area contributed by atoms with Crippen molar-refractivity contribution >= 4 is 22.6 Å². The maximum atomic E-state index is 5.51. The zero-order chi connectivity index (χ0) is 12.8. The minimum Gasteiger partial charge on any atom is -0.494 e. The molecule has 0 aliphatic carbocycles. The van der Waals surface area contributed by atoms with E-state index in [-0.39, 0.29) is 0 Å². The average Bonchev–Trinajstić information content (AvgIpc) is 2.41. The van der Waals surface area contributed by atoms with Crippen LogP contribution in [0.25, 0.3) is 0 Å². The van der Waals surface area contributed by atoms with Gasteiger partial charge in [-0.2, -0.15) is 0 Å². The summed E-state index contributed by atoms with van der Waals surface area (Å²) in [7, 11) is 0. The predicted octanol–water partition coefficient (Wildman–Crippen LogP) is 3.66. The summed E-state index contributed by atoms with van der Waals surface area (Å²) in [6, 6.07) is 7.77. The molecule has 0 aliphatic heterocycles. The largest absolute Gasteiger partial charge is 0.494 e. The molecule has 0 aliphatic rings. The first-order chi connectivity index (χ1) is 8.78. The number of benzene rings is 1. The first-order valence-electron chi connectivity index (χ1n) is 5.66. The maximum absolute atomic E-state index is 5.51. The second-order valence-corrected chi connectivity index (χ2v) is 4.85. The van der Waals surface area contributed by atoms with Gasteiger partial charge in [-0.25, -0.2) is 9.97 Å². The van der Waals surface area contributed by atoms with Crippen LogP contribution in [0.3, 0.4) is 0 Å². The highest BCUT2D eigenvalue weighted by molar-refractivity contribution is 14.1. The highest BCUT2D eigenvalue weighted by atomic mass is 127. The van der Waals surface area contributed by atoms with Crippen LogP contribution >= 0.6 is 22.6 Å². The van der Waals surface area contributed by atoms with E-state index in [2.05, 4.69) is 39.5 Å². The van der Waals surface area contributed by atoms with E-state index in [0.717, 1.165) is 22.3 Å². The molecule has 5 heteroatoms. The summed E-state index contributed by atoms with van der Waals surface area (Å²) in [5.41, 5.74) is 0. The molecule has 1 aromatic carbocycles. The molecule has 0 amide bonds. The molecule has 0 saturated heterocycles. The predicted molar refractivity (Wildman–Crippen MR) is 77.1 cm³/mol. The van der Waals surface area contributed by atoms with Gasteiger partial charge in [0.15, 0.2) is 0 Å². The smallest absolute Gasteiger partial charge is 0.321 e. The summed E-state index contributed by atoms with van der Waals surface area (Å²) in [6.07, 6.45) is 4.41. The lowest BCUT2D eigenvalue weighted by Gasteiger charge is -2.06. The number of hydrogen-bond acceptors (Lipinski definition) is 4. The van der Waals surface area contributed by atoms with Crippen molar-refractivity contribution in [2.45, 2.75) is 13.3 Å².